The summed E-state index contributed by atoms with van der Waals surface area (Å²) < 4.78 is 1.76. The fourth-order valence-corrected chi connectivity index (χ4v) is 4.20. The van der Waals surface area contributed by atoms with Gasteiger partial charge in [-0.2, -0.15) is 0 Å². The average Bonchev–Trinajstić information content (AvgIpc) is 3.34. The fraction of sp³-hybridized carbons (Fsp3) is 0.280. The third-order valence-electron chi connectivity index (χ3n) is 6.08. The van der Waals surface area contributed by atoms with Crippen molar-refractivity contribution in [1.29, 1.82) is 0 Å². The van der Waals surface area contributed by atoms with E-state index < -0.39 is 0 Å². The smallest absolute Gasteiger partial charge is 0.251 e. The number of carbonyl (C=O) groups is 1. The Morgan fingerprint density at radius 3 is 2.68 bits per heavy atom. The molecule has 9 nitrogen and oxygen atoms in total. The molecule has 0 atom stereocenters. The summed E-state index contributed by atoms with van der Waals surface area (Å²) in [7, 11) is 0. The number of imidazole rings is 1. The summed E-state index contributed by atoms with van der Waals surface area (Å²) in [5, 5.41) is 14.5. The van der Waals surface area contributed by atoms with E-state index in [-0.39, 0.29) is 5.91 Å². The van der Waals surface area contributed by atoms with Gasteiger partial charge in [0.05, 0.1) is 5.69 Å². The lowest BCUT2D eigenvalue weighted by atomic mass is 9.92. The maximum atomic E-state index is 12.5. The third-order valence-corrected chi connectivity index (χ3v) is 6.08. The van der Waals surface area contributed by atoms with Crippen LogP contribution in [-0.4, -0.2) is 37.6 Å². The second-order valence-corrected chi connectivity index (χ2v) is 8.64. The van der Waals surface area contributed by atoms with Crippen molar-refractivity contribution >= 4 is 28.7 Å². The number of pyridine rings is 1. The van der Waals surface area contributed by atoms with E-state index in [0.29, 0.717) is 24.2 Å². The van der Waals surface area contributed by atoms with Crippen molar-refractivity contribution in [3.05, 3.63) is 78.4 Å². The summed E-state index contributed by atoms with van der Waals surface area (Å²) in [6.07, 6.45) is 11.1. The minimum absolute atomic E-state index is 0.131. The zero-order chi connectivity index (χ0) is 23.3. The first-order valence-electron chi connectivity index (χ1n) is 11.5. The van der Waals surface area contributed by atoms with Gasteiger partial charge in [-0.15, -0.1) is 5.10 Å². The number of nitrogens with two attached hydrogens (primary N) is 1. The molecular formula is C25H28N8O. The first-order valence-corrected chi connectivity index (χ1v) is 11.5. The van der Waals surface area contributed by atoms with E-state index in [1.165, 1.54) is 0 Å². The highest BCUT2D eigenvalue weighted by Gasteiger charge is 2.19. The lowest BCUT2D eigenvalue weighted by molar-refractivity contribution is 0.0951. The molecule has 1 saturated carbocycles. The van der Waals surface area contributed by atoms with Crippen LogP contribution in [0.5, 0.6) is 0 Å². The molecule has 0 radical (unpaired) electrons. The fourth-order valence-electron chi connectivity index (χ4n) is 4.20. The Labute approximate surface area is 197 Å². The Kier molecular flexibility index (Phi) is 6.35. The number of fused-ring (bicyclic) bond motifs is 1. The number of hydrogen-bond acceptors (Lipinski definition) is 7. The van der Waals surface area contributed by atoms with Gasteiger partial charge in [0, 0.05) is 60.7 Å². The molecule has 1 aliphatic carbocycles. The van der Waals surface area contributed by atoms with Gasteiger partial charge in [-0.25, -0.2) is 9.50 Å². The summed E-state index contributed by atoms with van der Waals surface area (Å²) in [5.74, 6) is 0.661. The van der Waals surface area contributed by atoms with Crippen LogP contribution in [0.4, 0.5) is 17.2 Å². The highest BCUT2D eigenvalue weighted by atomic mass is 16.1. The molecule has 5 N–H and O–H groups in total. The summed E-state index contributed by atoms with van der Waals surface area (Å²) >= 11 is 0. The van der Waals surface area contributed by atoms with Crippen LogP contribution < -0.4 is 21.7 Å². The molecule has 0 aliphatic heterocycles. The van der Waals surface area contributed by atoms with Crippen LogP contribution in [0.1, 0.15) is 41.6 Å². The highest BCUT2D eigenvalue weighted by molar-refractivity contribution is 5.94. The van der Waals surface area contributed by atoms with Gasteiger partial charge in [-0.05, 0) is 61.6 Å². The van der Waals surface area contributed by atoms with Crippen LogP contribution in [0.3, 0.4) is 0 Å². The molecule has 3 heterocycles. The molecule has 1 fully saturated rings. The van der Waals surface area contributed by atoms with Crippen molar-refractivity contribution in [2.75, 3.05) is 10.6 Å². The Morgan fingerprint density at radius 2 is 1.91 bits per heavy atom. The van der Waals surface area contributed by atoms with Crippen molar-refractivity contribution < 1.29 is 4.79 Å². The Balaban J connectivity index is 1.27. The molecule has 1 aromatic carbocycles. The first-order chi connectivity index (χ1) is 16.6. The van der Waals surface area contributed by atoms with Crippen LogP contribution >= 0.6 is 0 Å². The van der Waals surface area contributed by atoms with Gasteiger partial charge in [0.25, 0.3) is 5.91 Å². The molecule has 4 aromatic rings. The molecule has 34 heavy (non-hydrogen) atoms. The second kappa shape index (κ2) is 9.88. The minimum atomic E-state index is -0.131. The molecule has 3 aromatic heterocycles. The molecular weight excluding hydrogens is 428 g/mol. The van der Waals surface area contributed by atoms with Gasteiger partial charge in [-0.3, -0.25) is 9.78 Å². The van der Waals surface area contributed by atoms with Crippen LogP contribution in [-0.2, 0) is 6.54 Å². The van der Waals surface area contributed by atoms with Gasteiger partial charge in [0.2, 0.25) is 0 Å². The summed E-state index contributed by atoms with van der Waals surface area (Å²) in [6, 6.07) is 13.8. The lowest BCUT2D eigenvalue weighted by Gasteiger charge is -2.27. The van der Waals surface area contributed by atoms with E-state index >= 15 is 0 Å². The molecule has 0 bridgehead atoms. The summed E-state index contributed by atoms with van der Waals surface area (Å²) in [4.78, 5) is 21.0. The number of anilines is 3. The number of aromatic nitrogens is 4. The molecule has 0 unspecified atom stereocenters. The molecule has 1 amide bonds. The molecule has 0 saturated heterocycles. The van der Waals surface area contributed by atoms with E-state index in [1.807, 2.05) is 36.5 Å². The zero-order valence-electron chi connectivity index (χ0n) is 18.8. The predicted octanol–water partition coefficient (Wildman–Crippen LogP) is 3.48. The van der Waals surface area contributed by atoms with Crippen molar-refractivity contribution in [3.8, 4) is 0 Å². The lowest BCUT2D eigenvalue weighted by Crippen LogP contribution is -2.33. The molecule has 9 heteroatoms. The first kappa shape index (κ1) is 21.8. The molecule has 1 aliphatic rings. The van der Waals surface area contributed by atoms with Crippen LogP contribution in [0.15, 0.2) is 67.3 Å². The number of rotatable bonds is 7. The van der Waals surface area contributed by atoms with E-state index in [1.54, 1.807) is 35.2 Å². The van der Waals surface area contributed by atoms with E-state index in [0.717, 1.165) is 54.1 Å². The Morgan fingerprint density at radius 1 is 1.09 bits per heavy atom. The molecule has 174 valence electrons. The van der Waals surface area contributed by atoms with Crippen LogP contribution in [0.25, 0.3) is 5.65 Å². The zero-order valence-corrected chi connectivity index (χ0v) is 18.8. The van der Waals surface area contributed by atoms with E-state index in [2.05, 4.69) is 31.0 Å². The van der Waals surface area contributed by atoms with Crippen LogP contribution in [0, 0.1) is 0 Å². The number of nitrogens with one attached hydrogen (secondary N) is 3. The number of amides is 1. The van der Waals surface area contributed by atoms with E-state index in [4.69, 9.17) is 5.73 Å². The largest absolute Gasteiger partial charge is 0.366 e. The summed E-state index contributed by atoms with van der Waals surface area (Å²) in [5.41, 5.74) is 10.0. The summed E-state index contributed by atoms with van der Waals surface area (Å²) in [6.45, 7) is 0.435. The molecule has 5 rings (SSSR count). The minimum Gasteiger partial charge on any atom is -0.366 e. The van der Waals surface area contributed by atoms with Crippen molar-refractivity contribution in [2.24, 2.45) is 5.73 Å². The van der Waals surface area contributed by atoms with Crippen molar-refractivity contribution in [1.82, 2.24) is 24.9 Å². The SMILES string of the molecule is N[C@H]1CC[C@H](Nc2cc(Nc3ccc(C(=O)NCc4cccnc4)cc3)c3nccn3n2)CC1. The number of carbonyl (C=O) groups excluding carboxylic acids is 1. The van der Waals surface area contributed by atoms with Crippen molar-refractivity contribution in [2.45, 2.75) is 44.3 Å². The average molecular weight is 457 g/mol. The van der Waals surface area contributed by atoms with Crippen LogP contribution in [0.2, 0.25) is 0 Å². The maximum absolute atomic E-state index is 12.5. The second-order valence-electron chi connectivity index (χ2n) is 8.64. The molecule has 0 spiro atoms. The van der Waals surface area contributed by atoms with Gasteiger partial charge in [-0.1, -0.05) is 6.07 Å². The maximum Gasteiger partial charge on any atom is 0.251 e. The van der Waals surface area contributed by atoms with E-state index in [9.17, 15) is 4.79 Å². The normalized spacial score (nSPS) is 17.9. The number of benzene rings is 1. The van der Waals surface area contributed by atoms with Gasteiger partial charge in [0.1, 0.15) is 5.82 Å². The standard InChI is InChI=1S/C25H28N8O/c26-19-5-9-21(10-6-19)31-23-14-22(24-28-12-13-33(24)32-23)30-20-7-3-18(4-8-20)25(34)29-16-17-2-1-11-27-15-17/h1-4,7-8,11-15,19,21,30H,5-6,9-10,16,26H2,(H,29,34)(H,31,32)/t19-,21-. The van der Waals surface area contributed by atoms with Gasteiger partial charge >= 0.3 is 0 Å². The number of hydrogen-bond donors (Lipinski definition) is 4. The Bertz CT molecular complexity index is 1250. The third kappa shape index (κ3) is 5.15. The van der Waals surface area contributed by atoms with Gasteiger partial charge in [0.15, 0.2) is 5.65 Å². The topological polar surface area (TPSA) is 122 Å². The monoisotopic (exact) mass is 456 g/mol. The predicted molar refractivity (Wildman–Crippen MR) is 132 cm³/mol. The quantitative estimate of drug-likeness (QED) is 0.336. The Hall–Kier alpha value is -3.98. The van der Waals surface area contributed by atoms with Gasteiger partial charge < -0.3 is 21.7 Å². The number of nitrogens with zero attached hydrogens (tertiary/aromatic N) is 4. The highest BCUT2D eigenvalue weighted by Crippen LogP contribution is 2.26. The van der Waals surface area contributed by atoms with Crippen molar-refractivity contribution in [3.63, 3.8) is 0 Å².